The van der Waals surface area contributed by atoms with Gasteiger partial charge in [0.15, 0.2) is 0 Å². The maximum atomic E-state index is 14.5. The van der Waals surface area contributed by atoms with Crippen LogP contribution in [0.15, 0.2) is 39.7 Å². The van der Waals surface area contributed by atoms with Crippen LogP contribution in [0.2, 0.25) is 5.02 Å². The molecule has 2 aromatic carbocycles. The van der Waals surface area contributed by atoms with E-state index in [4.69, 9.17) is 16.3 Å². The lowest BCUT2D eigenvalue weighted by Gasteiger charge is -2.17. The fourth-order valence-electron chi connectivity index (χ4n) is 2.46. The van der Waals surface area contributed by atoms with E-state index in [9.17, 15) is 22.3 Å². The lowest BCUT2D eigenvalue weighted by molar-refractivity contribution is 0.0643. The molecule has 1 heterocycles. The molecule has 1 aliphatic rings. The molecule has 4 nitrogen and oxygen atoms in total. The maximum absolute atomic E-state index is 14.5. The number of halogens is 4. The third-order valence-corrected chi connectivity index (χ3v) is 6.99. The molecule has 9 heteroatoms. The van der Waals surface area contributed by atoms with E-state index >= 15 is 0 Å². The Hall–Kier alpha value is -1.22. The molecular formula is C15H10BrClF2O4S. The number of rotatable bonds is 2. The molecule has 128 valence electrons. The molecule has 1 unspecified atom stereocenters. The number of alkyl halides is 1. The summed E-state index contributed by atoms with van der Waals surface area (Å²) in [7, 11) is -4.34. The Morgan fingerprint density at radius 3 is 2.62 bits per heavy atom. The average molecular weight is 440 g/mol. The van der Waals surface area contributed by atoms with Crippen molar-refractivity contribution in [3.8, 4) is 11.5 Å². The fraction of sp³-hybridized carbons (Fsp3) is 0.200. The van der Waals surface area contributed by atoms with Gasteiger partial charge in [-0.3, -0.25) is 0 Å². The van der Waals surface area contributed by atoms with E-state index in [0.717, 1.165) is 25.1 Å². The largest absolute Gasteiger partial charge is 0.456 e. The summed E-state index contributed by atoms with van der Waals surface area (Å²) in [5.41, 5.74) is -0.139. The van der Waals surface area contributed by atoms with Gasteiger partial charge >= 0.3 is 0 Å². The van der Waals surface area contributed by atoms with Crippen LogP contribution >= 0.6 is 27.5 Å². The summed E-state index contributed by atoms with van der Waals surface area (Å²) >= 11 is 8.87. The molecule has 0 saturated heterocycles. The molecule has 0 saturated carbocycles. The maximum Gasteiger partial charge on any atom is 0.242 e. The summed E-state index contributed by atoms with van der Waals surface area (Å²) in [5, 5.41) is 7.35. The number of ether oxygens (including phenoxy) is 1. The van der Waals surface area contributed by atoms with Crippen molar-refractivity contribution >= 4 is 37.4 Å². The van der Waals surface area contributed by atoms with Crippen LogP contribution in [-0.4, -0.2) is 18.5 Å². The van der Waals surface area contributed by atoms with Crippen LogP contribution < -0.4 is 4.74 Å². The van der Waals surface area contributed by atoms with E-state index in [-0.39, 0.29) is 31.5 Å². The molecule has 0 fully saturated rings. The predicted molar refractivity (Wildman–Crippen MR) is 87.3 cm³/mol. The van der Waals surface area contributed by atoms with Crippen molar-refractivity contribution in [1.82, 2.24) is 0 Å². The van der Waals surface area contributed by atoms with Gasteiger partial charge in [0.1, 0.15) is 23.4 Å². The second-order valence-electron chi connectivity index (χ2n) is 5.39. The van der Waals surface area contributed by atoms with E-state index in [0.29, 0.717) is 0 Å². The lowest BCUT2D eigenvalue weighted by atomic mass is 10.1. The van der Waals surface area contributed by atoms with Gasteiger partial charge in [-0.2, -0.15) is 0 Å². The highest BCUT2D eigenvalue weighted by Gasteiger charge is 2.56. The van der Waals surface area contributed by atoms with Gasteiger partial charge in [0.2, 0.25) is 14.8 Å². The number of sulfone groups is 1. The molecule has 1 aliphatic heterocycles. The fourth-order valence-corrected chi connectivity index (χ4v) is 5.04. The third-order valence-electron chi connectivity index (χ3n) is 3.75. The minimum Gasteiger partial charge on any atom is -0.456 e. The van der Waals surface area contributed by atoms with Gasteiger partial charge < -0.3 is 9.84 Å². The zero-order chi connectivity index (χ0) is 17.9. The summed E-state index contributed by atoms with van der Waals surface area (Å²) in [6.45, 7) is 0.798. The summed E-state index contributed by atoms with van der Waals surface area (Å²) in [6, 6.07) is 5.96. The monoisotopic (exact) mass is 438 g/mol. The molecule has 3 rings (SSSR count). The summed E-state index contributed by atoms with van der Waals surface area (Å²) < 4.78 is 57.7. The summed E-state index contributed by atoms with van der Waals surface area (Å²) in [4.78, 5) is -0.323. The normalized spacial score (nSPS) is 24.7. The van der Waals surface area contributed by atoms with Gasteiger partial charge in [-0.25, -0.2) is 17.2 Å². The zero-order valence-corrected chi connectivity index (χ0v) is 15.2. The molecule has 0 bridgehead atoms. The van der Waals surface area contributed by atoms with Crippen LogP contribution in [0.3, 0.4) is 0 Å². The molecule has 0 spiro atoms. The first-order chi connectivity index (χ1) is 11.1. The van der Waals surface area contributed by atoms with Crippen LogP contribution in [0.25, 0.3) is 0 Å². The Morgan fingerprint density at radius 2 is 2.00 bits per heavy atom. The lowest BCUT2D eigenvalue weighted by Crippen LogP contribution is -2.30. The van der Waals surface area contributed by atoms with E-state index in [2.05, 4.69) is 15.9 Å². The Labute approximate surface area is 150 Å². The number of fused-ring (bicyclic) bond motifs is 1. The summed E-state index contributed by atoms with van der Waals surface area (Å²) in [5.74, 6) is -0.463. The van der Waals surface area contributed by atoms with Crippen molar-refractivity contribution in [2.75, 3.05) is 0 Å². The topological polar surface area (TPSA) is 63.6 Å². The zero-order valence-electron chi connectivity index (χ0n) is 12.1. The number of aliphatic hydroxyl groups is 1. The van der Waals surface area contributed by atoms with Gasteiger partial charge in [-0.1, -0.05) is 11.6 Å². The molecule has 0 radical (unpaired) electrons. The van der Waals surface area contributed by atoms with Crippen molar-refractivity contribution < 1.29 is 27.0 Å². The molecule has 0 aliphatic carbocycles. The second kappa shape index (κ2) is 5.66. The van der Waals surface area contributed by atoms with Crippen molar-refractivity contribution in [3.05, 3.63) is 51.2 Å². The van der Waals surface area contributed by atoms with Crippen molar-refractivity contribution in [2.45, 2.75) is 22.9 Å². The van der Waals surface area contributed by atoms with Gasteiger partial charge in [0, 0.05) is 16.7 Å². The second-order valence-corrected chi connectivity index (χ2v) is 8.86. The highest BCUT2D eigenvalue weighted by Crippen LogP contribution is 2.52. The van der Waals surface area contributed by atoms with Crippen LogP contribution in [0, 0.1) is 5.82 Å². The van der Waals surface area contributed by atoms with Crippen LogP contribution in [0.1, 0.15) is 18.6 Å². The highest BCUT2D eigenvalue weighted by molar-refractivity contribution is 9.10. The third kappa shape index (κ3) is 2.52. The Balaban J connectivity index is 2.11. The van der Waals surface area contributed by atoms with Gasteiger partial charge in [-0.15, -0.1) is 0 Å². The molecular weight excluding hydrogens is 430 g/mol. The standard InChI is InChI=1S/C15H10BrClF2O4S/c1-15(19)14(20)12-11(24(15,21)22)3-2-10(13(12)16)23-9-5-7(17)4-8(18)6-9/h2-6,14,20H,1H3/t14-,15?/m1/s1. The first-order valence-corrected chi connectivity index (χ1v) is 9.29. The quantitative estimate of drug-likeness (QED) is 0.746. The van der Waals surface area contributed by atoms with E-state index in [1.165, 1.54) is 12.1 Å². The van der Waals surface area contributed by atoms with Gasteiger partial charge in [0.25, 0.3) is 0 Å². The van der Waals surface area contributed by atoms with Crippen LogP contribution in [-0.2, 0) is 9.84 Å². The van der Waals surface area contributed by atoms with E-state index in [1.807, 2.05) is 0 Å². The Kier molecular flexibility index (Phi) is 4.15. The Morgan fingerprint density at radius 1 is 1.33 bits per heavy atom. The van der Waals surface area contributed by atoms with Gasteiger partial charge in [-0.05, 0) is 47.1 Å². The smallest absolute Gasteiger partial charge is 0.242 e. The minimum absolute atomic E-state index is 0.0674. The van der Waals surface area contributed by atoms with Crippen molar-refractivity contribution in [1.29, 1.82) is 0 Å². The first kappa shape index (κ1) is 17.6. The molecule has 24 heavy (non-hydrogen) atoms. The number of benzene rings is 2. The minimum atomic E-state index is -4.34. The highest BCUT2D eigenvalue weighted by atomic mass is 79.9. The molecule has 2 atom stereocenters. The number of hydrogen-bond donors (Lipinski definition) is 1. The van der Waals surface area contributed by atoms with Crippen LogP contribution in [0.5, 0.6) is 11.5 Å². The molecule has 0 aromatic heterocycles. The molecule has 2 aromatic rings. The number of aliphatic hydroxyl groups excluding tert-OH is 1. The van der Waals surface area contributed by atoms with E-state index in [1.54, 1.807) is 0 Å². The predicted octanol–water partition coefficient (Wildman–Crippen LogP) is 4.54. The van der Waals surface area contributed by atoms with E-state index < -0.39 is 26.8 Å². The first-order valence-electron chi connectivity index (χ1n) is 6.63. The summed E-state index contributed by atoms with van der Waals surface area (Å²) in [6.07, 6.45) is -1.88. The molecule has 0 amide bonds. The van der Waals surface area contributed by atoms with Crippen molar-refractivity contribution in [3.63, 3.8) is 0 Å². The van der Waals surface area contributed by atoms with Gasteiger partial charge in [0.05, 0.1) is 9.37 Å². The molecule has 1 N–H and O–H groups in total. The Bertz CT molecular complexity index is 926. The average Bonchev–Trinajstić information content (AvgIpc) is 2.59. The number of hydrogen-bond acceptors (Lipinski definition) is 4. The van der Waals surface area contributed by atoms with Crippen molar-refractivity contribution in [2.24, 2.45) is 0 Å². The van der Waals surface area contributed by atoms with Crippen LogP contribution in [0.4, 0.5) is 8.78 Å². The SMILES string of the molecule is CC1(F)[C@H](O)c2c(ccc(Oc3cc(F)cc(Cl)c3)c2Br)S1(=O)=O.